The molecule has 0 spiro atoms. The molecule has 14 heteroatoms. The Labute approximate surface area is 119 Å². The fourth-order valence-electron chi connectivity index (χ4n) is 0.129. The third-order valence-electron chi connectivity index (χ3n) is 0.302. The molecule has 0 saturated heterocycles. The summed E-state index contributed by atoms with van der Waals surface area (Å²) in [4.78, 5) is 41.8. The zero-order chi connectivity index (χ0) is 13.9. The van der Waals surface area contributed by atoms with Crippen LogP contribution >= 0.6 is 7.82 Å². The van der Waals surface area contributed by atoms with Crippen molar-refractivity contribution in [2.75, 3.05) is 0 Å². The number of rotatable bonds is 2. The number of carboxylic acids is 2. The normalized spacial score (nSPS) is 8.82. The van der Waals surface area contributed by atoms with Crippen LogP contribution in [-0.2, 0) is 25.5 Å². The first-order valence-corrected chi connectivity index (χ1v) is 5.45. The van der Waals surface area contributed by atoms with Gasteiger partial charge in [-0.05, 0) is 0 Å². The van der Waals surface area contributed by atoms with E-state index in [1.54, 1.807) is 0 Å². The second kappa shape index (κ2) is 14.2. The van der Waals surface area contributed by atoms with Gasteiger partial charge < -0.3 is 24.9 Å². The molecule has 0 aliphatic carbocycles. The summed E-state index contributed by atoms with van der Waals surface area (Å²) in [6.07, 6.45) is -0.806. The molecule has 0 aromatic heterocycles. The molecule has 0 heterocycles. The Morgan fingerprint density at radius 2 is 1.24 bits per heavy atom. The Morgan fingerprint density at radius 3 is 1.24 bits per heavy atom. The molecule has 0 aromatic carbocycles. The molecule has 6 N–H and O–H groups in total. The van der Waals surface area contributed by atoms with Crippen molar-refractivity contribution in [3.63, 3.8) is 0 Å². The third-order valence-corrected chi connectivity index (χ3v) is 0.302. The summed E-state index contributed by atoms with van der Waals surface area (Å²) < 4.78 is 31.6. The van der Waals surface area contributed by atoms with Gasteiger partial charge in [0.05, 0.1) is 0 Å². The van der Waals surface area contributed by atoms with E-state index in [2.05, 4.69) is 0 Å². The number of phosphoric acid groups is 1. The van der Waals surface area contributed by atoms with E-state index in [1.807, 2.05) is 0 Å². The van der Waals surface area contributed by atoms with Gasteiger partial charge in [0.15, 0.2) is 0 Å². The van der Waals surface area contributed by atoms with E-state index >= 15 is 0 Å². The van der Waals surface area contributed by atoms with E-state index in [-0.39, 0.29) is 29.6 Å². The van der Waals surface area contributed by atoms with Gasteiger partial charge in [0.25, 0.3) is 19.2 Å². The number of hydrogen-bond donors (Lipinski definition) is 6. The maximum Gasteiger partial charge on any atom is 1.00 e. The summed E-state index contributed by atoms with van der Waals surface area (Å²) in [5, 5.41) is 15.4. The van der Waals surface area contributed by atoms with E-state index in [0.29, 0.717) is 0 Å². The van der Waals surface area contributed by atoms with Gasteiger partial charge in [0.1, 0.15) is 6.42 Å². The molecular weight excluding hydrogens is 298 g/mol. The molecule has 0 radical (unpaired) electrons. The third kappa shape index (κ3) is 189. The molecule has 0 aliphatic rings. The Kier molecular flexibility index (Phi) is 21.6. The Morgan fingerprint density at radius 1 is 1.12 bits per heavy atom. The summed E-state index contributed by atoms with van der Waals surface area (Å²) in [7, 11) is -4.89. The van der Waals surface area contributed by atoms with Crippen LogP contribution in [0.15, 0.2) is 0 Å². The van der Waals surface area contributed by atoms with Crippen LogP contribution in [0.25, 0.3) is 0 Å². The van der Waals surface area contributed by atoms with Gasteiger partial charge in [-0.2, -0.15) is 4.21 Å². The number of aliphatic carboxylic acids is 2. The molecule has 11 nitrogen and oxygen atoms in total. The van der Waals surface area contributed by atoms with Crippen molar-refractivity contribution in [1.82, 2.24) is 0 Å². The van der Waals surface area contributed by atoms with Gasteiger partial charge in [-0.3, -0.25) is 23.3 Å². The fourth-order valence-corrected chi connectivity index (χ4v) is 0.129. The van der Waals surface area contributed by atoms with Gasteiger partial charge in [0.2, 0.25) is 0 Å². The van der Waals surface area contributed by atoms with Crippen molar-refractivity contribution >= 4 is 31.1 Å². The summed E-state index contributed by atoms with van der Waals surface area (Å²) in [6, 6.07) is 0. The largest absolute Gasteiger partial charge is 1.00 e. The molecule has 0 rings (SSSR count). The minimum atomic E-state index is -4.89. The predicted octanol–water partition coefficient (Wildman–Crippen LogP) is -5.33. The molecule has 17 heavy (non-hydrogen) atoms. The molecule has 0 unspecified atom stereocenters. The first kappa shape index (κ1) is 25.8. The van der Waals surface area contributed by atoms with Crippen molar-refractivity contribution < 1.29 is 81.9 Å². The van der Waals surface area contributed by atoms with Gasteiger partial charge >= 0.3 is 41.5 Å². The number of hydrogen-bond acceptors (Lipinski definition) is 5. The second-order valence-corrected chi connectivity index (χ2v) is 3.13. The molecule has 0 saturated carbocycles. The van der Waals surface area contributed by atoms with Crippen LogP contribution in [0.1, 0.15) is 6.42 Å². The summed E-state index contributed by atoms with van der Waals surface area (Å²) >= 11 is -2.61. The Balaban J connectivity index is -0.0000000757. The van der Waals surface area contributed by atoms with E-state index in [0.717, 1.165) is 0 Å². The summed E-state index contributed by atoms with van der Waals surface area (Å²) in [5.74, 6) is -2.62. The monoisotopic (exact) mass is 306 g/mol. The van der Waals surface area contributed by atoms with Crippen LogP contribution in [-0.4, -0.2) is 45.3 Å². The summed E-state index contributed by atoms with van der Waals surface area (Å²) in [6.45, 7) is 0. The number of carbonyl (C=O) groups is 2. The van der Waals surface area contributed by atoms with Crippen LogP contribution in [0, 0.1) is 0 Å². The molecule has 0 aliphatic heterocycles. The van der Waals surface area contributed by atoms with Crippen LogP contribution < -0.4 is 34.5 Å². The maximum absolute atomic E-state index is 9.43. The average molecular weight is 306 g/mol. The first-order chi connectivity index (χ1) is 6.86. The molecule has 0 aromatic rings. The molecule has 0 amide bonds. The van der Waals surface area contributed by atoms with E-state index < -0.39 is 37.5 Å². The van der Waals surface area contributed by atoms with Gasteiger partial charge in [0, 0.05) is 0 Å². The molecule has 0 bridgehead atoms. The van der Waals surface area contributed by atoms with Crippen molar-refractivity contribution in [1.29, 1.82) is 0 Å². The van der Waals surface area contributed by atoms with E-state index in [4.69, 9.17) is 42.8 Å². The van der Waals surface area contributed by atoms with Gasteiger partial charge in [-0.1, -0.05) is 0 Å². The standard InChI is InChI=1S/C3H4O4.Na.H3O4P.H2O3S/c4-2(5)1-3(6)7;;1-5(2,3)4;1-4(2)3/h1H2,(H,4,5)(H,6,7);;(H3,1,2,3,4);(H2,1,2,3)/q;+1;;/p-1. The van der Waals surface area contributed by atoms with Crippen LogP contribution in [0.4, 0.5) is 0 Å². The molecule has 0 atom stereocenters. The zero-order valence-electron chi connectivity index (χ0n) is 8.29. The quantitative estimate of drug-likeness (QED) is 0.122. The van der Waals surface area contributed by atoms with Crippen molar-refractivity contribution in [3.8, 4) is 0 Å². The average Bonchev–Trinajstić information content (AvgIpc) is 1.74. The van der Waals surface area contributed by atoms with Crippen LogP contribution in [0.3, 0.4) is 0 Å². The van der Waals surface area contributed by atoms with Crippen molar-refractivity contribution in [3.05, 3.63) is 0 Å². The van der Waals surface area contributed by atoms with Gasteiger partial charge in [-0.15, -0.1) is 0 Å². The predicted molar refractivity (Wildman–Crippen MR) is 45.3 cm³/mol. The van der Waals surface area contributed by atoms with Crippen molar-refractivity contribution in [2.45, 2.75) is 6.42 Å². The van der Waals surface area contributed by atoms with Gasteiger partial charge in [-0.25, -0.2) is 0 Å². The second-order valence-electron chi connectivity index (χ2n) is 1.69. The Bertz CT molecular complexity index is 260. The minimum Gasteiger partial charge on any atom is -0.756 e. The minimum absolute atomic E-state index is 0. The summed E-state index contributed by atoms with van der Waals surface area (Å²) in [5.41, 5.74) is 0. The maximum atomic E-state index is 9.43. The van der Waals surface area contributed by atoms with E-state index in [9.17, 15) is 9.59 Å². The van der Waals surface area contributed by atoms with Crippen molar-refractivity contribution in [2.24, 2.45) is 0 Å². The Hall–Kier alpha value is 0.120. The fraction of sp³-hybridized carbons (Fsp3) is 0.333. The zero-order valence-corrected chi connectivity index (χ0v) is 12.0. The molecular formula is C3H8NaO11PS. The smallest absolute Gasteiger partial charge is 0.756 e. The molecule has 0 fully saturated rings. The molecule has 98 valence electrons. The first-order valence-electron chi connectivity index (χ1n) is 2.86. The van der Waals surface area contributed by atoms with Crippen LogP contribution in [0.5, 0.6) is 0 Å². The SMILES string of the molecule is O=C(O)CC(=O)O.O=P([O-])(O)O.O=S(O)O.[Na+]. The van der Waals surface area contributed by atoms with Crippen LogP contribution in [0.2, 0.25) is 0 Å². The number of carboxylic acid groups (broad SMARTS) is 2. The topological polar surface area (TPSA) is 213 Å². The van der Waals surface area contributed by atoms with E-state index in [1.165, 1.54) is 0 Å².